The number of hydrogen-bond donors (Lipinski definition) is 0. The van der Waals surface area contributed by atoms with Crippen LogP contribution in [0.5, 0.6) is 5.75 Å². The molecule has 1 aromatic carbocycles. The summed E-state index contributed by atoms with van der Waals surface area (Å²) in [5.41, 5.74) is 2.96. The Morgan fingerprint density at radius 1 is 1.22 bits per heavy atom. The number of ether oxygens (including phenoxy) is 1. The van der Waals surface area contributed by atoms with E-state index in [0.717, 1.165) is 18.9 Å². The molecular weight excluding hydrogens is 246 g/mol. The fourth-order valence-electron chi connectivity index (χ4n) is 2.42. The second-order valence-corrected chi connectivity index (χ2v) is 4.74. The molecular formula is C15H24ClNO. The Labute approximate surface area is 117 Å². The van der Waals surface area contributed by atoms with Gasteiger partial charge in [0.1, 0.15) is 5.75 Å². The van der Waals surface area contributed by atoms with Crippen molar-refractivity contribution in [2.45, 2.75) is 39.7 Å². The monoisotopic (exact) mass is 269 g/mol. The molecule has 0 atom stereocenters. The molecule has 0 amide bonds. The SMILES string of the molecule is CCCCN1CCc2cc(OCC)ccc2C1.Cl. The zero-order chi connectivity index (χ0) is 12.1. The van der Waals surface area contributed by atoms with Crippen molar-refractivity contribution in [2.75, 3.05) is 19.7 Å². The van der Waals surface area contributed by atoms with Crippen LogP contribution >= 0.6 is 12.4 Å². The summed E-state index contributed by atoms with van der Waals surface area (Å²) in [5, 5.41) is 0. The van der Waals surface area contributed by atoms with E-state index in [1.165, 1.54) is 43.5 Å². The zero-order valence-electron chi connectivity index (χ0n) is 11.4. The Balaban J connectivity index is 0.00000162. The van der Waals surface area contributed by atoms with Gasteiger partial charge in [-0.1, -0.05) is 19.4 Å². The lowest BCUT2D eigenvalue weighted by Crippen LogP contribution is -2.31. The van der Waals surface area contributed by atoms with Gasteiger partial charge in [-0.25, -0.2) is 0 Å². The minimum Gasteiger partial charge on any atom is -0.494 e. The lowest BCUT2D eigenvalue weighted by molar-refractivity contribution is 0.249. The normalized spacial score (nSPS) is 14.8. The van der Waals surface area contributed by atoms with E-state index in [9.17, 15) is 0 Å². The molecule has 0 radical (unpaired) electrons. The Bertz CT molecular complexity index is 368. The van der Waals surface area contributed by atoms with E-state index in [4.69, 9.17) is 4.74 Å². The summed E-state index contributed by atoms with van der Waals surface area (Å²) in [6.07, 6.45) is 3.76. The molecule has 0 spiro atoms. The van der Waals surface area contributed by atoms with Gasteiger partial charge in [-0.3, -0.25) is 4.90 Å². The van der Waals surface area contributed by atoms with Crippen LogP contribution in [0.4, 0.5) is 0 Å². The summed E-state index contributed by atoms with van der Waals surface area (Å²) in [6.45, 7) is 8.59. The highest BCUT2D eigenvalue weighted by Gasteiger charge is 2.15. The van der Waals surface area contributed by atoms with Crippen LogP contribution in [-0.4, -0.2) is 24.6 Å². The van der Waals surface area contributed by atoms with Gasteiger partial charge in [-0.05, 0) is 49.6 Å². The summed E-state index contributed by atoms with van der Waals surface area (Å²) >= 11 is 0. The molecule has 0 bridgehead atoms. The quantitative estimate of drug-likeness (QED) is 0.809. The standard InChI is InChI=1S/C15H23NO.ClH/c1-3-5-9-16-10-8-13-11-15(17-4-2)7-6-14(13)12-16;/h6-7,11H,3-5,8-10,12H2,1-2H3;1H. The Morgan fingerprint density at radius 3 is 2.78 bits per heavy atom. The number of unbranched alkanes of at least 4 members (excludes halogenated alkanes) is 1. The minimum absolute atomic E-state index is 0. The van der Waals surface area contributed by atoms with Crippen molar-refractivity contribution in [3.63, 3.8) is 0 Å². The highest BCUT2D eigenvalue weighted by molar-refractivity contribution is 5.85. The number of fused-ring (bicyclic) bond motifs is 1. The predicted molar refractivity (Wildman–Crippen MR) is 78.7 cm³/mol. The molecule has 1 aromatic rings. The third-order valence-electron chi connectivity index (χ3n) is 3.41. The Hall–Kier alpha value is -0.730. The van der Waals surface area contributed by atoms with Crippen LogP contribution in [0.3, 0.4) is 0 Å². The van der Waals surface area contributed by atoms with Gasteiger partial charge in [0.05, 0.1) is 6.61 Å². The van der Waals surface area contributed by atoms with Crippen molar-refractivity contribution in [3.8, 4) is 5.75 Å². The number of halogens is 1. The molecule has 0 saturated heterocycles. The van der Waals surface area contributed by atoms with Crippen LogP contribution in [0.15, 0.2) is 18.2 Å². The van der Waals surface area contributed by atoms with E-state index in [0.29, 0.717) is 0 Å². The van der Waals surface area contributed by atoms with Crippen LogP contribution in [0, 0.1) is 0 Å². The first-order valence-electron chi connectivity index (χ1n) is 6.80. The van der Waals surface area contributed by atoms with E-state index in [-0.39, 0.29) is 12.4 Å². The molecule has 0 saturated carbocycles. The third-order valence-corrected chi connectivity index (χ3v) is 3.41. The lowest BCUT2D eigenvalue weighted by Gasteiger charge is -2.28. The molecule has 18 heavy (non-hydrogen) atoms. The molecule has 0 N–H and O–H groups in total. The first kappa shape index (κ1) is 15.3. The molecule has 3 heteroatoms. The topological polar surface area (TPSA) is 12.5 Å². The maximum atomic E-state index is 5.55. The largest absolute Gasteiger partial charge is 0.494 e. The van der Waals surface area contributed by atoms with Gasteiger partial charge in [-0.2, -0.15) is 0 Å². The molecule has 2 rings (SSSR count). The van der Waals surface area contributed by atoms with Crippen LogP contribution in [0.1, 0.15) is 37.8 Å². The van der Waals surface area contributed by atoms with E-state index in [1.807, 2.05) is 6.92 Å². The van der Waals surface area contributed by atoms with Gasteiger partial charge in [-0.15, -0.1) is 12.4 Å². The zero-order valence-corrected chi connectivity index (χ0v) is 12.3. The van der Waals surface area contributed by atoms with Crippen molar-refractivity contribution in [3.05, 3.63) is 29.3 Å². The smallest absolute Gasteiger partial charge is 0.119 e. The van der Waals surface area contributed by atoms with Gasteiger partial charge in [0.2, 0.25) is 0 Å². The average Bonchev–Trinajstić information content (AvgIpc) is 2.36. The highest BCUT2D eigenvalue weighted by Crippen LogP contribution is 2.24. The van der Waals surface area contributed by atoms with Crippen molar-refractivity contribution < 1.29 is 4.74 Å². The second-order valence-electron chi connectivity index (χ2n) is 4.74. The van der Waals surface area contributed by atoms with E-state index in [2.05, 4.69) is 30.0 Å². The van der Waals surface area contributed by atoms with Gasteiger partial charge in [0.25, 0.3) is 0 Å². The molecule has 102 valence electrons. The fraction of sp³-hybridized carbons (Fsp3) is 0.600. The average molecular weight is 270 g/mol. The highest BCUT2D eigenvalue weighted by atomic mass is 35.5. The number of hydrogen-bond acceptors (Lipinski definition) is 2. The summed E-state index contributed by atoms with van der Waals surface area (Å²) in [7, 11) is 0. The summed E-state index contributed by atoms with van der Waals surface area (Å²) in [4.78, 5) is 2.56. The molecule has 0 fully saturated rings. The molecule has 1 heterocycles. The number of benzene rings is 1. The van der Waals surface area contributed by atoms with Crippen LogP contribution < -0.4 is 4.74 Å². The molecule has 2 nitrogen and oxygen atoms in total. The number of rotatable bonds is 5. The van der Waals surface area contributed by atoms with Crippen molar-refractivity contribution in [2.24, 2.45) is 0 Å². The molecule has 1 aliphatic rings. The van der Waals surface area contributed by atoms with Crippen molar-refractivity contribution >= 4 is 12.4 Å². The molecule has 1 aliphatic heterocycles. The fourth-order valence-corrected chi connectivity index (χ4v) is 2.42. The van der Waals surface area contributed by atoms with E-state index in [1.54, 1.807) is 0 Å². The van der Waals surface area contributed by atoms with Crippen molar-refractivity contribution in [1.29, 1.82) is 0 Å². The minimum atomic E-state index is 0. The van der Waals surface area contributed by atoms with E-state index < -0.39 is 0 Å². The summed E-state index contributed by atoms with van der Waals surface area (Å²) in [6, 6.07) is 6.56. The summed E-state index contributed by atoms with van der Waals surface area (Å²) in [5.74, 6) is 1.02. The summed E-state index contributed by atoms with van der Waals surface area (Å²) < 4.78 is 5.55. The Kier molecular flexibility index (Phi) is 6.51. The Morgan fingerprint density at radius 2 is 2.06 bits per heavy atom. The molecule has 0 unspecified atom stereocenters. The van der Waals surface area contributed by atoms with Gasteiger partial charge in [0, 0.05) is 13.1 Å². The second kappa shape index (κ2) is 7.65. The predicted octanol–water partition coefficient (Wildman–Crippen LogP) is 3.67. The third kappa shape index (κ3) is 3.89. The van der Waals surface area contributed by atoms with Crippen LogP contribution in [-0.2, 0) is 13.0 Å². The lowest BCUT2D eigenvalue weighted by atomic mass is 9.99. The van der Waals surface area contributed by atoms with E-state index >= 15 is 0 Å². The molecule has 0 aliphatic carbocycles. The van der Waals surface area contributed by atoms with Gasteiger partial charge >= 0.3 is 0 Å². The van der Waals surface area contributed by atoms with Crippen LogP contribution in [0.2, 0.25) is 0 Å². The van der Waals surface area contributed by atoms with Gasteiger partial charge < -0.3 is 4.74 Å². The first-order chi connectivity index (χ1) is 8.33. The number of nitrogens with zero attached hydrogens (tertiary/aromatic N) is 1. The molecule has 0 aromatic heterocycles. The maximum Gasteiger partial charge on any atom is 0.119 e. The van der Waals surface area contributed by atoms with Gasteiger partial charge in [0.15, 0.2) is 0 Å². The van der Waals surface area contributed by atoms with Crippen LogP contribution in [0.25, 0.3) is 0 Å². The van der Waals surface area contributed by atoms with Crippen molar-refractivity contribution in [1.82, 2.24) is 4.90 Å². The maximum absolute atomic E-state index is 5.55. The first-order valence-corrected chi connectivity index (χ1v) is 6.80.